The van der Waals surface area contributed by atoms with Crippen molar-refractivity contribution in [2.75, 3.05) is 0 Å². The first-order valence-corrected chi connectivity index (χ1v) is 7.74. The average molecular weight is 309 g/mol. The van der Waals surface area contributed by atoms with E-state index >= 15 is 0 Å². The Morgan fingerprint density at radius 2 is 1.91 bits per heavy atom. The summed E-state index contributed by atoms with van der Waals surface area (Å²) in [5.74, 6) is 0. The second-order valence-corrected chi connectivity index (χ2v) is 7.17. The standard InChI is InChI=1S/C18H19N3O2/c1-10-9-21-14-12(17(2,3)23-18(14,4)5)16(22)20-15(21)11-7-6-8-19-13(10)11/h6-9H,1-5H3. The van der Waals surface area contributed by atoms with Crippen LogP contribution in [0.4, 0.5) is 0 Å². The van der Waals surface area contributed by atoms with Gasteiger partial charge < -0.3 is 9.14 Å². The first-order chi connectivity index (χ1) is 10.7. The highest BCUT2D eigenvalue weighted by molar-refractivity contribution is 5.93. The van der Waals surface area contributed by atoms with Crippen LogP contribution >= 0.6 is 0 Å². The second-order valence-electron chi connectivity index (χ2n) is 7.17. The molecule has 0 radical (unpaired) electrons. The predicted octanol–water partition coefficient (Wildman–Crippen LogP) is 3.05. The smallest absolute Gasteiger partial charge is 0.279 e. The Kier molecular flexibility index (Phi) is 2.60. The van der Waals surface area contributed by atoms with Crippen molar-refractivity contribution in [3.8, 4) is 0 Å². The Balaban J connectivity index is 2.30. The number of aryl methyl sites for hydroxylation is 1. The van der Waals surface area contributed by atoms with Crippen LogP contribution in [0.3, 0.4) is 0 Å². The van der Waals surface area contributed by atoms with Gasteiger partial charge in [-0.25, -0.2) is 0 Å². The lowest BCUT2D eigenvalue weighted by Crippen LogP contribution is -2.27. The van der Waals surface area contributed by atoms with Gasteiger partial charge in [0.2, 0.25) is 0 Å². The van der Waals surface area contributed by atoms with Gasteiger partial charge in [0.25, 0.3) is 5.56 Å². The third-order valence-electron chi connectivity index (χ3n) is 4.55. The van der Waals surface area contributed by atoms with Crippen molar-refractivity contribution in [2.45, 2.75) is 45.8 Å². The van der Waals surface area contributed by atoms with Crippen molar-refractivity contribution >= 4 is 16.6 Å². The van der Waals surface area contributed by atoms with E-state index in [0.717, 1.165) is 22.2 Å². The molecule has 23 heavy (non-hydrogen) atoms. The monoisotopic (exact) mass is 309 g/mol. The minimum Gasteiger partial charge on any atom is -0.358 e. The fraction of sp³-hybridized carbons (Fsp3) is 0.389. The van der Waals surface area contributed by atoms with E-state index in [1.807, 2.05) is 57.3 Å². The summed E-state index contributed by atoms with van der Waals surface area (Å²) in [5.41, 5.74) is 2.64. The third-order valence-corrected chi connectivity index (χ3v) is 4.55. The first kappa shape index (κ1) is 14.3. The maximum Gasteiger partial charge on any atom is 0.279 e. The lowest BCUT2D eigenvalue weighted by atomic mass is 9.96. The van der Waals surface area contributed by atoms with Crippen molar-refractivity contribution < 1.29 is 4.74 Å². The summed E-state index contributed by atoms with van der Waals surface area (Å²) in [6.45, 7) is 9.86. The van der Waals surface area contributed by atoms with Gasteiger partial charge >= 0.3 is 0 Å². The van der Waals surface area contributed by atoms with Crippen LogP contribution in [-0.4, -0.2) is 14.4 Å². The molecular formula is C18H19N3O2. The molecule has 0 fully saturated rings. The Morgan fingerprint density at radius 3 is 2.65 bits per heavy atom. The molecule has 1 aliphatic heterocycles. The highest BCUT2D eigenvalue weighted by Gasteiger charge is 2.47. The Morgan fingerprint density at radius 1 is 1.17 bits per heavy atom. The van der Waals surface area contributed by atoms with Gasteiger partial charge in [-0.15, -0.1) is 0 Å². The number of fused-ring (bicyclic) bond motifs is 5. The first-order valence-electron chi connectivity index (χ1n) is 7.74. The van der Waals surface area contributed by atoms with E-state index in [1.165, 1.54) is 0 Å². The molecule has 4 rings (SSSR count). The van der Waals surface area contributed by atoms with Gasteiger partial charge in [0.1, 0.15) is 5.60 Å². The molecule has 0 unspecified atom stereocenters. The Labute approximate surface area is 134 Å². The highest BCUT2D eigenvalue weighted by Crippen LogP contribution is 2.45. The van der Waals surface area contributed by atoms with Crippen molar-refractivity contribution in [1.82, 2.24) is 14.4 Å². The van der Waals surface area contributed by atoms with Crippen LogP contribution in [0.2, 0.25) is 0 Å². The molecule has 5 nitrogen and oxygen atoms in total. The molecule has 0 amide bonds. The number of nitrogens with zero attached hydrogens (tertiary/aromatic N) is 3. The molecule has 0 aliphatic carbocycles. The van der Waals surface area contributed by atoms with Crippen LogP contribution < -0.4 is 5.56 Å². The van der Waals surface area contributed by atoms with Gasteiger partial charge in [-0.05, 0) is 52.3 Å². The largest absolute Gasteiger partial charge is 0.358 e. The highest BCUT2D eigenvalue weighted by atomic mass is 16.5. The number of hydrogen-bond acceptors (Lipinski definition) is 4. The zero-order chi connectivity index (χ0) is 16.6. The molecule has 5 heteroatoms. The van der Waals surface area contributed by atoms with Gasteiger partial charge in [-0.3, -0.25) is 9.78 Å². The Bertz CT molecular complexity index is 1030. The molecule has 3 aromatic rings. The molecule has 1 aliphatic rings. The average Bonchev–Trinajstić information content (AvgIpc) is 2.66. The van der Waals surface area contributed by atoms with E-state index < -0.39 is 11.2 Å². The van der Waals surface area contributed by atoms with Gasteiger partial charge in [0.05, 0.1) is 22.4 Å². The number of ether oxygens (including phenoxy) is 1. The molecule has 118 valence electrons. The number of hydrogen-bond donors (Lipinski definition) is 0. The lowest BCUT2D eigenvalue weighted by molar-refractivity contribution is -0.106. The van der Waals surface area contributed by atoms with Crippen LogP contribution in [0.5, 0.6) is 0 Å². The van der Waals surface area contributed by atoms with Crippen LogP contribution in [0.15, 0.2) is 29.3 Å². The maximum absolute atomic E-state index is 12.7. The molecule has 3 aromatic heterocycles. The van der Waals surface area contributed by atoms with Gasteiger partial charge in [-0.1, -0.05) is 0 Å². The number of aromatic nitrogens is 3. The number of rotatable bonds is 0. The van der Waals surface area contributed by atoms with Crippen molar-refractivity contribution in [3.63, 3.8) is 0 Å². The fourth-order valence-corrected chi connectivity index (χ4v) is 3.88. The van der Waals surface area contributed by atoms with E-state index in [4.69, 9.17) is 4.74 Å². The summed E-state index contributed by atoms with van der Waals surface area (Å²) >= 11 is 0. The van der Waals surface area contributed by atoms with Gasteiger partial charge in [0, 0.05) is 17.8 Å². The maximum atomic E-state index is 12.7. The van der Waals surface area contributed by atoms with Crippen LogP contribution in [0.25, 0.3) is 16.6 Å². The molecule has 4 heterocycles. The van der Waals surface area contributed by atoms with E-state index in [-0.39, 0.29) is 5.56 Å². The molecule has 0 spiro atoms. The summed E-state index contributed by atoms with van der Waals surface area (Å²) in [5, 5.41) is 0.882. The minimum absolute atomic E-state index is 0.218. The molecule has 0 saturated carbocycles. The van der Waals surface area contributed by atoms with Gasteiger partial charge in [-0.2, -0.15) is 4.98 Å². The van der Waals surface area contributed by atoms with E-state index in [2.05, 4.69) is 9.97 Å². The Hall–Kier alpha value is -2.27. The normalized spacial score (nSPS) is 18.5. The third kappa shape index (κ3) is 1.80. The van der Waals surface area contributed by atoms with Crippen LogP contribution in [0, 0.1) is 6.92 Å². The van der Waals surface area contributed by atoms with Crippen LogP contribution in [-0.2, 0) is 15.9 Å². The summed E-state index contributed by atoms with van der Waals surface area (Å²) < 4.78 is 8.18. The van der Waals surface area contributed by atoms with Crippen molar-refractivity contribution in [3.05, 3.63) is 51.7 Å². The summed E-state index contributed by atoms with van der Waals surface area (Å²) in [7, 11) is 0. The molecule has 0 saturated heterocycles. The summed E-state index contributed by atoms with van der Waals surface area (Å²) in [6.07, 6.45) is 3.76. The summed E-state index contributed by atoms with van der Waals surface area (Å²) in [6, 6.07) is 3.82. The zero-order valence-electron chi connectivity index (χ0n) is 14.0. The zero-order valence-corrected chi connectivity index (χ0v) is 14.0. The molecule has 0 bridgehead atoms. The topological polar surface area (TPSA) is 56.5 Å². The van der Waals surface area contributed by atoms with Gasteiger partial charge in [0.15, 0.2) is 5.65 Å². The predicted molar refractivity (Wildman–Crippen MR) is 88.6 cm³/mol. The fourth-order valence-electron chi connectivity index (χ4n) is 3.88. The molecule has 0 atom stereocenters. The molecule has 0 N–H and O–H groups in total. The van der Waals surface area contributed by atoms with Crippen LogP contribution in [0.1, 0.15) is 44.5 Å². The second kappa shape index (κ2) is 4.17. The summed E-state index contributed by atoms with van der Waals surface area (Å²) in [4.78, 5) is 21.5. The van der Waals surface area contributed by atoms with Crippen molar-refractivity contribution in [1.29, 1.82) is 0 Å². The minimum atomic E-state index is -0.651. The molecule has 0 aromatic carbocycles. The number of pyridine rings is 2. The van der Waals surface area contributed by atoms with E-state index in [9.17, 15) is 4.79 Å². The van der Waals surface area contributed by atoms with E-state index in [0.29, 0.717) is 11.2 Å². The molecular weight excluding hydrogens is 290 g/mol. The SMILES string of the molecule is Cc1cn2c3c(c(=O)nc2c2cccnc12)C(C)(C)OC3(C)C. The quantitative estimate of drug-likeness (QED) is 0.599. The van der Waals surface area contributed by atoms with E-state index in [1.54, 1.807) is 6.20 Å². The lowest BCUT2D eigenvalue weighted by Gasteiger charge is -2.24. The van der Waals surface area contributed by atoms with Crippen molar-refractivity contribution in [2.24, 2.45) is 0 Å².